The highest BCUT2D eigenvalue weighted by Gasteiger charge is 2.26. The minimum atomic E-state index is -4.04. The van der Waals surface area contributed by atoms with Crippen molar-refractivity contribution in [3.05, 3.63) is 30.1 Å². The molecule has 20 heavy (non-hydrogen) atoms. The number of hydrogen-bond acceptors (Lipinski definition) is 4. The summed E-state index contributed by atoms with van der Waals surface area (Å²) >= 11 is 0. The molecule has 0 amide bonds. The average molecular weight is 324 g/mol. The van der Waals surface area contributed by atoms with E-state index in [-0.39, 0.29) is 6.54 Å². The molecule has 6 nitrogen and oxygen atoms in total. The van der Waals surface area contributed by atoms with Crippen molar-refractivity contribution in [2.24, 2.45) is 0 Å². The molecule has 1 aromatic carbocycles. The van der Waals surface area contributed by atoms with Crippen LogP contribution in [0.25, 0.3) is 0 Å². The van der Waals surface area contributed by atoms with Crippen molar-refractivity contribution in [3.63, 3.8) is 0 Å². The molecule has 0 bridgehead atoms. The van der Waals surface area contributed by atoms with Gasteiger partial charge in [0.05, 0.1) is 6.26 Å². The molecule has 2 N–H and O–H groups in total. The average Bonchev–Trinajstić information content (AvgIpc) is 2.24. The Morgan fingerprint density at radius 3 is 2.20 bits per heavy atom. The Kier molecular flexibility index (Phi) is 4.90. The molecule has 1 aromatic rings. The van der Waals surface area contributed by atoms with Gasteiger partial charge >= 0.3 is 0 Å². The number of hydrogen-bond donors (Lipinski definition) is 2. The largest absolute Gasteiger partial charge is 0.243 e. The third kappa shape index (κ3) is 5.16. The van der Waals surface area contributed by atoms with Crippen LogP contribution in [-0.2, 0) is 20.0 Å². The van der Waals surface area contributed by atoms with Gasteiger partial charge in [0.2, 0.25) is 20.0 Å². The molecular weight excluding hydrogens is 307 g/mol. The van der Waals surface area contributed by atoms with Gasteiger partial charge in [0.15, 0.2) is 0 Å². The van der Waals surface area contributed by atoms with E-state index in [2.05, 4.69) is 9.44 Å². The molecular formula is C11H17FN2O4S2. The van der Waals surface area contributed by atoms with Crippen molar-refractivity contribution >= 4 is 20.0 Å². The van der Waals surface area contributed by atoms with E-state index in [0.29, 0.717) is 0 Å². The first-order chi connectivity index (χ1) is 8.93. The lowest BCUT2D eigenvalue weighted by Gasteiger charge is -2.25. The first-order valence-electron chi connectivity index (χ1n) is 5.66. The normalized spacial score (nSPS) is 13.4. The molecule has 9 heteroatoms. The summed E-state index contributed by atoms with van der Waals surface area (Å²) in [5.41, 5.74) is -1.04. The molecule has 0 aliphatic heterocycles. The summed E-state index contributed by atoms with van der Waals surface area (Å²) in [6.45, 7) is 2.81. The van der Waals surface area contributed by atoms with Crippen molar-refractivity contribution in [1.29, 1.82) is 0 Å². The van der Waals surface area contributed by atoms with Gasteiger partial charge < -0.3 is 0 Å². The number of rotatable bonds is 6. The summed E-state index contributed by atoms with van der Waals surface area (Å²) in [7, 11) is -7.52. The van der Waals surface area contributed by atoms with Gasteiger partial charge in [0.1, 0.15) is 10.7 Å². The van der Waals surface area contributed by atoms with Crippen molar-refractivity contribution < 1.29 is 21.2 Å². The standard InChI is InChI=1S/C11H17FN2O4S2/c1-11(2,14-19(3,15)16)8-13-20(17,18)10-7-5-4-6-9(10)12/h4-7,13-14H,8H2,1-3H3. The summed E-state index contributed by atoms with van der Waals surface area (Å²) in [5, 5.41) is 0. The van der Waals surface area contributed by atoms with Crippen LogP contribution in [0.1, 0.15) is 13.8 Å². The molecule has 114 valence electrons. The number of sulfonamides is 2. The Hall–Kier alpha value is -1.03. The van der Waals surface area contributed by atoms with Crippen molar-refractivity contribution in [3.8, 4) is 0 Å². The zero-order chi connectivity index (χ0) is 15.6. The van der Waals surface area contributed by atoms with Crippen LogP contribution in [0.15, 0.2) is 29.2 Å². The van der Waals surface area contributed by atoms with Crippen molar-refractivity contribution in [1.82, 2.24) is 9.44 Å². The van der Waals surface area contributed by atoms with E-state index >= 15 is 0 Å². The first-order valence-corrected chi connectivity index (χ1v) is 9.04. The monoisotopic (exact) mass is 324 g/mol. The van der Waals surface area contributed by atoms with E-state index in [1.165, 1.54) is 26.0 Å². The fourth-order valence-electron chi connectivity index (χ4n) is 1.55. The number of nitrogens with one attached hydrogen (secondary N) is 2. The third-order valence-corrected chi connectivity index (χ3v) is 4.65. The summed E-state index contributed by atoms with van der Waals surface area (Å²) in [5.74, 6) is -0.867. The molecule has 0 atom stereocenters. The minimum Gasteiger partial charge on any atom is -0.213 e. The van der Waals surface area contributed by atoms with Crippen LogP contribution < -0.4 is 9.44 Å². The van der Waals surface area contributed by atoms with Gasteiger partial charge in [-0.15, -0.1) is 0 Å². The van der Waals surface area contributed by atoms with E-state index in [1.54, 1.807) is 0 Å². The van der Waals surface area contributed by atoms with E-state index in [1.807, 2.05) is 0 Å². The maximum atomic E-state index is 13.4. The van der Waals surface area contributed by atoms with Gasteiger partial charge in [0, 0.05) is 12.1 Å². The Morgan fingerprint density at radius 2 is 1.70 bits per heavy atom. The van der Waals surface area contributed by atoms with Crippen LogP contribution in [0.5, 0.6) is 0 Å². The van der Waals surface area contributed by atoms with E-state index in [0.717, 1.165) is 18.4 Å². The molecule has 0 saturated carbocycles. The highest BCUT2D eigenvalue weighted by molar-refractivity contribution is 7.89. The lowest BCUT2D eigenvalue weighted by Crippen LogP contribution is -2.50. The zero-order valence-corrected chi connectivity index (χ0v) is 13.0. The molecule has 1 rings (SSSR count). The Bertz CT molecular complexity index is 684. The summed E-state index contributed by atoms with van der Waals surface area (Å²) in [6.07, 6.45) is 0.972. The predicted molar refractivity (Wildman–Crippen MR) is 73.6 cm³/mol. The highest BCUT2D eigenvalue weighted by Crippen LogP contribution is 2.14. The summed E-state index contributed by atoms with van der Waals surface area (Å²) < 4.78 is 64.1. The highest BCUT2D eigenvalue weighted by atomic mass is 32.2. The second-order valence-corrected chi connectivity index (χ2v) is 8.50. The van der Waals surface area contributed by atoms with Crippen LogP contribution in [0.2, 0.25) is 0 Å². The zero-order valence-electron chi connectivity index (χ0n) is 11.3. The maximum Gasteiger partial charge on any atom is 0.243 e. The van der Waals surface area contributed by atoms with Gasteiger partial charge in [-0.1, -0.05) is 12.1 Å². The Morgan fingerprint density at radius 1 is 1.15 bits per heavy atom. The predicted octanol–water partition coefficient (Wildman–Crippen LogP) is 0.432. The smallest absolute Gasteiger partial charge is 0.213 e. The number of halogens is 1. The van der Waals surface area contributed by atoms with Crippen molar-refractivity contribution in [2.75, 3.05) is 12.8 Å². The molecule has 0 heterocycles. The van der Waals surface area contributed by atoms with Crippen LogP contribution in [0.4, 0.5) is 4.39 Å². The summed E-state index contributed by atoms with van der Waals surface area (Å²) in [4.78, 5) is -0.477. The molecule has 0 spiro atoms. The molecule has 0 unspecified atom stereocenters. The quantitative estimate of drug-likeness (QED) is 0.794. The van der Waals surface area contributed by atoms with Crippen LogP contribution in [-0.4, -0.2) is 35.2 Å². The van der Waals surface area contributed by atoms with Gasteiger partial charge in [-0.3, -0.25) is 0 Å². The van der Waals surface area contributed by atoms with Crippen molar-refractivity contribution in [2.45, 2.75) is 24.3 Å². The summed E-state index contributed by atoms with van der Waals surface area (Å²) in [6, 6.07) is 4.95. The third-order valence-electron chi connectivity index (χ3n) is 2.29. The maximum absolute atomic E-state index is 13.4. The second-order valence-electron chi connectivity index (χ2n) is 5.01. The fourth-order valence-corrected chi connectivity index (χ4v) is 3.92. The minimum absolute atomic E-state index is 0.212. The lowest BCUT2D eigenvalue weighted by molar-refractivity contribution is 0.445. The van der Waals surface area contributed by atoms with Gasteiger partial charge in [0.25, 0.3) is 0 Å². The van der Waals surface area contributed by atoms with Gasteiger partial charge in [-0.05, 0) is 26.0 Å². The van der Waals surface area contributed by atoms with E-state index in [4.69, 9.17) is 0 Å². The van der Waals surface area contributed by atoms with E-state index < -0.39 is 36.3 Å². The molecule has 0 aliphatic rings. The molecule has 0 radical (unpaired) electrons. The van der Waals surface area contributed by atoms with Crippen LogP contribution in [0, 0.1) is 5.82 Å². The molecule has 0 aliphatic carbocycles. The second kappa shape index (κ2) is 5.76. The molecule has 0 saturated heterocycles. The fraction of sp³-hybridized carbons (Fsp3) is 0.455. The lowest BCUT2D eigenvalue weighted by atomic mass is 10.1. The Balaban J connectivity index is 2.87. The first kappa shape index (κ1) is 17.0. The van der Waals surface area contributed by atoms with Crippen LogP contribution >= 0.6 is 0 Å². The topological polar surface area (TPSA) is 92.3 Å². The molecule has 0 aromatic heterocycles. The molecule has 0 fully saturated rings. The SMILES string of the molecule is CC(C)(CNS(=O)(=O)c1ccccc1F)NS(C)(=O)=O. The van der Waals surface area contributed by atoms with Gasteiger partial charge in [-0.2, -0.15) is 0 Å². The van der Waals surface area contributed by atoms with Gasteiger partial charge in [-0.25, -0.2) is 30.7 Å². The number of benzene rings is 1. The van der Waals surface area contributed by atoms with Crippen LogP contribution in [0.3, 0.4) is 0 Å². The Labute approximate surface area is 118 Å². The van der Waals surface area contributed by atoms with E-state index in [9.17, 15) is 21.2 Å².